The smallest absolute Gasteiger partial charge is 0.251 e. The van der Waals surface area contributed by atoms with Gasteiger partial charge in [-0.15, -0.1) is 0 Å². The first-order valence-electron chi connectivity index (χ1n) is 11.2. The highest BCUT2D eigenvalue weighted by molar-refractivity contribution is 5.95. The first kappa shape index (κ1) is 24.6. The third-order valence-corrected chi connectivity index (χ3v) is 5.62. The van der Waals surface area contributed by atoms with Crippen LogP contribution in [0.3, 0.4) is 0 Å². The zero-order chi connectivity index (χ0) is 23.8. The Balaban J connectivity index is 1.60. The summed E-state index contributed by atoms with van der Waals surface area (Å²) in [4.78, 5) is 12.8. The van der Waals surface area contributed by atoms with Crippen LogP contribution in [0.2, 0.25) is 0 Å². The van der Waals surface area contributed by atoms with Gasteiger partial charge in [0.1, 0.15) is 11.6 Å². The molecule has 0 bridgehead atoms. The van der Waals surface area contributed by atoms with Gasteiger partial charge in [-0.25, -0.2) is 8.78 Å². The van der Waals surface area contributed by atoms with Crippen molar-refractivity contribution in [3.05, 3.63) is 95.1 Å². The lowest BCUT2D eigenvalue weighted by molar-refractivity contribution is 0.0825. The van der Waals surface area contributed by atoms with Crippen LogP contribution in [-0.2, 0) is 13.0 Å². The Morgan fingerprint density at radius 2 is 1.61 bits per heavy atom. The molecule has 0 heterocycles. The monoisotopic (exact) mass is 452 g/mol. The number of aliphatic hydroxyl groups excluding tert-OH is 1. The average molecular weight is 453 g/mol. The Labute approximate surface area is 193 Å². The number of carbonyl (C=O) groups is 1. The van der Waals surface area contributed by atoms with Gasteiger partial charge in [0, 0.05) is 24.7 Å². The second-order valence-electron chi connectivity index (χ2n) is 8.10. The normalized spacial score (nSPS) is 12.9. The Hall–Kier alpha value is -3.09. The molecule has 174 valence electrons. The van der Waals surface area contributed by atoms with Crippen molar-refractivity contribution in [1.29, 1.82) is 0 Å². The summed E-state index contributed by atoms with van der Waals surface area (Å²) in [7, 11) is 0. The second-order valence-corrected chi connectivity index (χ2v) is 8.10. The van der Waals surface area contributed by atoms with E-state index in [-0.39, 0.29) is 5.91 Å². The van der Waals surface area contributed by atoms with E-state index in [1.54, 1.807) is 24.3 Å². The van der Waals surface area contributed by atoms with E-state index >= 15 is 0 Å². The van der Waals surface area contributed by atoms with Gasteiger partial charge in [0.2, 0.25) is 0 Å². The summed E-state index contributed by atoms with van der Waals surface area (Å²) in [5.74, 6) is -1.71. The van der Waals surface area contributed by atoms with Crippen LogP contribution in [-0.4, -0.2) is 29.7 Å². The molecular weight excluding hydrogens is 422 g/mol. The molecule has 3 rings (SSSR count). The van der Waals surface area contributed by atoms with E-state index in [1.165, 1.54) is 17.7 Å². The number of carbonyl (C=O) groups excluding carboxylic acids is 1. The van der Waals surface area contributed by atoms with Crippen LogP contribution >= 0.6 is 0 Å². The van der Waals surface area contributed by atoms with E-state index in [2.05, 4.69) is 29.7 Å². The van der Waals surface area contributed by atoms with Crippen molar-refractivity contribution in [2.24, 2.45) is 0 Å². The number of benzene rings is 3. The third-order valence-electron chi connectivity index (χ3n) is 5.62. The van der Waals surface area contributed by atoms with Gasteiger partial charge in [-0.1, -0.05) is 50.2 Å². The molecule has 3 aromatic rings. The molecule has 0 fully saturated rings. The first-order chi connectivity index (χ1) is 15.9. The maximum Gasteiger partial charge on any atom is 0.251 e. The molecule has 33 heavy (non-hydrogen) atoms. The number of aliphatic hydroxyl groups is 1. The number of amides is 1. The summed E-state index contributed by atoms with van der Waals surface area (Å²) in [5.41, 5.74) is 3.64. The molecule has 0 spiro atoms. The zero-order valence-corrected chi connectivity index (χ0v) is 18.9. The summed E-state index contributed by atoms with van der Waals surface area (Å²) in [6.45, 7) is 4.96. The van der Waals surface area contributed by atoms with Crippen LogP contribution in [0.15, 0.2) is 66.7 Å². The van der Waals surface area contributed by atoms with E-state index in [4.69, 9.17) is 0 Å². The molecule has 0 saturated heterocycles. The van der Waals surface area contributed by atoms with Crippen molar-refractivity contribution in [2.75, 3.05) is 6.54 Å². The zero-order valence-electron chi connectivity index (χ0n) is 18.9. The minimum atomic E-state index is -0.770. The largest absolute Gasteiger partial charge is 0.390 e. The summed E-state index contributed by atoms with van der Waals surface area (Å²) < 4.78 is 27.1. The van der Waals surface area contributed by atoms with Gasteiger partial charge in [0.05, 0.1) is 12.1 Å². The SMILES string of the molecule is CCc1cccc(CNCC(O)C(CC)NC(=O)c2cccc(-c3cc(F)cc(F)c3)c2)c1. The topological polar surface area (TPSA) is 61.4 Å². The number of aryl methyl sites for hydroxylation is 1. The molecule has 3 aromatic carbocycles. The molecule has 0 aliphatic carbocycles. The van der Waals surface area contributed by atoms with Crippen LogP contribution in [0.25, 0.3) is 11.1 Å². The summed E-state index contributed by atoms with van der Waals surface area (Å²) in [6, 6.07) is 17.7. The summed E-state index contributed by atoms with van der Waals surface area (Å²) >= 11 is 0. The highest BCUT2D eigenvalue weighted by Gasteiger charge is 2.20. The lowest BCUT2D eigenvalue weighted by Crippen LogP contribution is -2.47. The van der Waals surface area contributed by atoms with Crippen LogP contribution < -0.4 is 10.6 Å². The number of halogens is 2. The molecule has 2 atom stereocenters. The number of nitrogens with one attached hydrogen (secondary N) is 2. The maximum atomic E-state index is 13.6. The molecule has 4 nitrogen and oxygen atoms in total. The predicted molar refractivity (Wildman–Crippen MR) is 127 cm³/mol. The van der Waals surface area contributed by atoms with Gasteiger partial charge in [0.15, 0.2) is 0 Å². The van der Waals surface area contributed by atoms with Gasteiger partial charge in [-0.3, -0.25) is 4.79 Å². The van der Waals surface area contributed by atoms with Crippen molar-refractivity contribution < 1.29 is 18.7 Å². The standard InChI is InChI=1S/C27H30F2N2O2/c1-3-18-7-5-8-19(11-18)16-30-17-26(32)25(4-2)31-27(33)21-10-6-9-20(12-21)22-13-23(28)15-24(29)14-22/h5-15,25-26,30,32H,3-4,16-17H2,1-2H3,(H,31,33). The second kappa shape index (κ2) is 11.7. The van der Waals surface area contributed by atoms with Crippen molar-refractivity contribution in [3.8, 4) is 11.1 Å². The predicted octanol–water partition coefficient (Wildman–Crippen LogP) is 4.85. The molecule has 0 aromatic heterocycles. The van der Waals surface area contributed by atoms with Crippen molar-refractivity contribution in [2.45, 2.75) is 45.4 Å². The molecule has 6 heteroatoms. The van der Waals surface area contributed by atoms with Gasteiger partial charge in [-0.05, 0) is 59.4 Å². The molecule has 0 radical (unpaired) electrons. The molecule has 1 amide bonds. The van der Waals surface area contributed by atoms with Gasteiger partial charge < -0.3 is 15.7 Å². The number of hydrogen-bond acceptors (Lipinski definition) is 3. The lowest BCUT2D eigenvalue weighted by atomic mass is 10.0. The van der Waals surface area contributed by atoms with Gasteiger partial charge >= 0.3 is 0 Å². The van der Waals surface area contributed by atoms with Crippen molar-refractivity contribution in [3.63, 3.8) is 0 Å². The number of rotatable bonds is 10. The molecule has 2 unspecified atom stereocenters. The average Bonchev–Trinajstić information content (AvgIpc) is 2.82. The molecular formula is C27H30F2N2O2. The molecule has 3 N–H and O–H groups in total. The van der Waals surface area contributed by atoms with Crippen LogP contribution in [0.1, 0.15) is 41.8 Å². The minimum Gasteiger partial charge on any atom is -0.390 e. The van der Waals surface area contributed by atoms with Crippen molar-refractivity contribution >= 4 is 5.91 Å². The van der Waals surface area contributed by atoms with Crippen LogP contribution in [0.4, 0.5) is 8.78 Å². The first-order valence-corrected chi connectivity index (χ1v) is 11.2. The lowest BCUT2D eigenvalue weighted by Gasteiger charge is -2.23. The fourth-order valence-electron chi connectivity index (χ4n) is 3.75. The van der Waals surface area contributed by atoms with Gasteiger partial charge in [0.25, 0.3) is 5.91 Å². The van der Waals surface area contributed by atoms with Gasteiger partial charge in [-0.2, -0.15) is 0 Å². The Morgan fingerprint density at radius 3 is 2.30 bits per heavy atom. The molecule has 0 aliphatic rings. The van der Waals surface area contributed by atoms with E-state index in [1.807, 2.05) is 19.1 Å². The van der Waals surface area contributed by atoms with E-state index in [0.717, 1.165) is 18.1 Å². The third kappa shape index (κ3) is 6.94. The Bertz CT molecular complexity index is 1070. The quantitative estimate of drug-likeness (QED) is 0.412. The maximum absolute atomic E-state index is 13.6. The Morgan fingerprint density at radius 1 is 0.909 bits per heavy atom. The molecule has 0 aliphatic heterocycles. The van der Waals surface area contributed by atoms with Crippen molar-refractivity contribution in [1.82, 2.24) is 10.6 Å². The summed E-state index contributed by atoms with van der Waals surface area (Å²) in [6.07, 6.45) is 0.749. The number of hydrogen-bond donors (Lipinski definition) is 3. The minimum absolute atomic E-state index is 0.331. The van der Waals surface area contributed by atoms with E-state index in [0.29, 0.717) is 36.2 Å². The molecule has 0 saturated carbocycles. The highest BCUT2D eigenvalue weighted by atomic mass is 19.1. The fraction of sp³-hybridized carbons (Fsp3) is 0.296. The van der Waals surface area contributed by atoms with Crippen LogP contribution in [0, 0.1) is 11.6 Å². The Kier molecular flexibility index (Phi) is 8.69. The highest BCUT2D eigenvalue weighted by Crippen LogP contribution is 2.23. The fourth-order valence-corrected chi connectivity index (χ4v) is 3.75. The van der Waals surface area contributed by atoms with Crippen LogP contribution in [0.5, 0.6) is 0 Å². The van der Waals surface area contributed by atoms with E-state index < -0.39 is 23.8 Å². The van der Waals surface area contributed by atoms with E-state index in [9.17, 15) is 18.7 Å². The summed E-state index contributed by atoms with van der Waals surface area (Å²) in [5, 5.41) is 16.7.